The number of rotatable bonds is 4. The number of hydrogen-bond donors (Lipinski definition) is 0. The molecule has 0 aliphatic carbocycles. The van der Waals surface area contributed by atoms with Crippen LogP contribution >= 0.6 is 0 Å². The van der Waals surface area contributed by atoms with E-state index in [1.807, 2.05) is 61.5 Å². The van der Waals surface area contributed by atoms with Crippen molar-refractivity contribution in [2.24, 2.45) is 0 Å². The van der Waals surface area contributed by atoms with Gasteiger partial charge < -0.3 is 0 Å². The van der Waals surface area contributed by atoms with Crippen molar-refractivity contribution < 1.29 is 0 Å². The first-order valence-electron chi connectivity index (χ1n) is 8.94. The molecular formula is C22H21N3O. The average molecular weight is 343 g/mol. The van der Waals surface area contributed by atoms with Crippen molar-refractivity contribution in [1.82, 2.24) is 14.1 Å². The third-order valence-corrected chi connectivity index (χ3v) is 4.89. The Morgan fingerprint density at radius 2 is 1.65 bits per heavy atom. The highest BCUT2D eigenvalue weighted by molar-refractivity contribution is 5.85. The highest BCUT2D eigenvalue weighted by Crippen LogP contribution is 2.29. The van der Waals surface area contributed by atoms with Crippen molar-refractivity contribution in [2.45, 2.75) is 26.3 Å². The predicted octanol–water partition coefficient (Wildman–Crippen LogP) is 4.83. The van der Waals surface area contributed by atoms with Crippen LogP contribution in [0.15, 0.2) is 77.9 Å². The molecule has 0 spiro atoms. The third kappa shape index (κ3) is 2.64. The largest absolute Gasteiger partial charge is 0.296 e. The van der Waals surface area contributed by atoms with Gasteiger partial charge in [-0.15, -0.1) is 0 Å². The Hall–Kier alpha value is -3.14. The van der Waals surface area contributed by atoms with Crippen molar-refractivity contribution in [1.29, 1.82) is 0 Å². The molecule has 4 nitrogen and oxygen atoms in total. The van der Waals surface area contributed by atoms with Crippen molar-refractivity contribution in [3.05, 3.63) is 83.4 Å². The van der Waals surface area contributed by atoms with Gasteiger partial charge in [-0.1, -0.05) is 55.5 Å². The SMILES string of the molecule is CCC(C)n1cnc2c(cc(-c3ccccc3)n2-c2ccccc2)c1=O. The highest BCUT2D eigenvalue weighted by Gasteiger charge is 2.17. The maximum absolute atomic E-state index is 13.1. The van der Waals surface area contributed by atoms with Gasteiger partial charge in [0.15, 0.2) is 5.65 Å². The standard InChI is InChI=1S/C22H21N3O/c1-3-16(2)24-15-23-21-19(22(24)26)14-20(17-10-6-4-7-11-17)25(21)18-12-8-5-9-13-18/h4-16H,3H2,1-2H3. The Balaban J connectivity index is 2.06. The lowest BCUT2D eigenvalue weighted by molar-refractivity contribution is 0.510. The summed E-state index contributed by atoms with van der Waals surface area (Å²) in [5.74, 6) is 0. The van der Waals surface area contributed by atoms with Crippen LogP contribution < -0.4 is 5.56 Å². The Bertz CT molecular complexity index is 1090. The zero-order chi connectivity index (χ0) is 18.1. The van der Waals surface area contributed by atoms with Gasteiger partial charge in [-0.25, -0.2) is 4.98 Å². The second-order valence-corrected chi connectivity index (χ2v) is 6.52. The van der Waals surface area contributed by atoms with Crippen LogP contribution in [0.25, 0.3) is 28.0 Å². The maximum Gasteiger partial charge on any atom is 0.263 e. The van der Waals surface area contributed by atoms with Crippen LogP contribution in [0, 0.1) is 0 Å². The van der Waals surface area contributed by atoms with Crippen LogP contribution in [-0.2, 0) is 0 Å². The average Bonchev–Trinajstić information content (AvgIpc) is 3.09. The molecule has 4 rings (SSSR count). The zero-order valence-corrected chi connectivity index (χ0v) is 15.0. The number of hydrogen-bond acceptors (Lipinski definition) is 2. The van der Waals surface area contributed by atoms with Crippen molar-refractivity contribution >= 4 is 11.0 Å². The second kappa shape index (κ2) is 6.64. The summed E-state index contributed by atoms with van der Waals surface area (Å²) in [5, 5.41) is 0.649. The summed E-state index contributed by atoms with van der Waals surface area (Å²) in [6.07, 6.45) is 2.56. The fraction of sp³-hybridized carbons (Fsp3) is 0.182. The van der Waals surface area contributed by atoms with Crippen LogP contribution in [0.1, 0.15) is 26.3 Å². The summed E-state index contributed by atoms with van der Waals surface area (Å²) in [6.45, 7) is 4.12. The van der Waals surface area contributed by atoms with E-state index in [0.717, 1.165) is 23.4 Å². The van der Waals surface area contributed by atoms with E-state index < -0.39 is 0 Å². The molecule has 0 radical (unpaired) electrons. The molecule has 0 N–H and O–H groups in total. The second-order valence-electron chi connectivity index (χ2n) is 6.52. The summed E-state index contributed by atoms with van der Waals surface area (Å²) in [5.41, 5.74) is 3.73. The van der Waals surface area contributed by atoms with Crippen LogP contribution in [0.5, 0.6) is 0 Å². The summed E-state index contributed by atoms with van der Waals surface area (Å²) >= 11 is 0. The van der Waals surface area contributed by atoms with Crippen molar-refractivity contribution in [3.63, 3.8) is 0 Å². The van der Waals surface area contributed by atoms with E-state index in [4.69, 9.17) is 0 Å². The Morgan fingerprint density at radius 1 is 1.00 bits per heavy atom. The molecule has 0 aliphatic heterocycles. The minimum Gasteiger partial charge on any atom is -0.296 e. The molecule has 26 heavy (non-hydrogen) atoms. The van der Waals surface area contributed by atoms with E-state index in [-0.39, 0.29) is 11.6 Å². The Labute approximate surface area is 152 Å². The zero-order valence-electron chi connectivity index (χ0n) is 15.0. The lowest BCUT2D eigenvalue weighted by Crippen LogP contribution is -2.23. The molecule has 0 saturated heterocycles. The number of benzene rings is 2. The quantitative estimate of drug-likeness (QED) is 0.533. The molecular weight excluding hydrogens is 322 g/mol. The lowest BCUT2D eigenvalue weighted by atomic mass is 10.1. The first kappa shape index (κ1) is 16.3. The van der Waals surface area contributed by atoms with Gasteiger partial charge in [0.2, 0.25) is 0 Å². The summed E-state index contributed by atoms with van der Waals surface area (Å²) in [7, 11) is 0. The van der Waals surface area contributed by atoms with Gasteiger partial charge in [-0.2, -0.15) is 0 Å². The minimum absolute atomic E-state index is 0.0104. The van der Waals surface area contributed by atoms with E-state index in [0.29, 0.717) is 11.0 Å². The van der Waals surface area contributed by atoms with Gasteiger partial charge in [0.1, 0.15) is 6.33 Å². The molecule has 2 aromatic heterocycles. The fourth-order valence-corrected chi connectivity index (χ4v) is 3.26. The molecule has 1 unspecified atom stereocenters. The molecule has 2 aromatic carbocycles. The molecule has 130 valence electrons. The van der Waals surface area contributed by atoms with E-state index in [2.05, 4.69) is 28.6 Å². The van der Waals surface area contributed by atoms with Gasteiger partial charge in [0, 0.05) is 11.7 Å². The van der Waals surface area contributed by atoms with Crippen LogP contribution in [0.4, 0.5) is 0 Å². The van der Waals surface area contributed by atoms with Crippen molar-refractivity contribution in [3.8, 4) is 16.9 Å². The number of para-hydroxylation sites is 1. The molecule has 4 aromatic rings. The smallest absolute Gasteiger partial charge is 0.263 e. The molecule has 0 amide bonds. The van der Waals surface area contributed by atoms with Gasteiger partial charge >= 0.3 is 0 Å². The summed E-state index contributed by atoms with van der Waals surface area (Å²) in [4.78, 5) is 17.7. The number of aromatic nitrogens is 3. The minimum atomic E-state index is 0.0104. The molecule has 0 fully saturated rings. The lowest BCUT2D eigenvalue weighted by Gasteiger charge is -2.13. The van der Waals surface area contributed by atoms with E-state index in [1.54, 1.807) is 10.9 Å². The van der Waals surface area contributed by atoms with Crippen LogP contribution in [0.3, 0.4) is 0 Å². The monoisotopic (exact) mass is 343 g/mol. The van der Waals surface area contributed by atoms with Crippen molar-refractivity contribution in [2.75, 3.05) is 0 Å². The number of nitrogens with zero attached hydrogens (tertiary/aromatic N) is 3. The fourth-order valence-electron chi connectivity index (χ4n) is 3.26. The molecule has 0 bridgehead atoms. The molecule has 2 heterocycles. The van der Waals surface area contributed by atoms with Crippen LogP contribution in [-0.4, -0.2) is 14.1 Å². The Morgan fingerprint density at radius 3 is 2.31 bits per heavy atom. The first-order chi connectivity index (χ1) is 12.7. The first-order valence-corrected chi connectivity index (χ1v) is 8.94. The summed E-state index contributed by atoms with van der Waals surface area (Å²) < 4.78 is 3.79. The Kier molecular flexibility index (Phi) is 4.17. The van der Waals surface area contributed by atoms with E-state index in [9.17, 15) is 4.79 Å². The van der Waals surface area contributed by atoms with Gasteiger partial charge in [-0.3, -0.25) is 13.9 Å². The molecule has 0 aliphatic rings. The van der Waals surface area contributed by atoms with Crippen LogP contribution in [0.2, 0.25) is 0 Å². The predicted molar refractivity (Wildman–Crippen MR) is 106 cm³/mol. The molecule has 0 saturated carbocycles. The highest BCUT2D eigenvalue weighted by atomic mass is 16.1. The molecule has 4 heteroatoms. The number of fused-ring (bicyclic) bond motifs is 1. The normalized spacial score (nSPS) is 12.4. The van der Waals surface area contributed by atoms with Gasteiger partial charge in [0.05, 0.1) is 11.1 Å². The van der Waals surface area contributed by atoms with E-state index in [1.165, 1.54) is 0 Å². The summed E-state index contributed by atoms with van der Waals surface area (Å²) in [6, 6.07) is 22.3. The van der Waals surface area contributed by atoms with Gasteiger partial charge in [-0.05, 0) is 37.1 Å². The van der Waals surface area contributed by atoms with Gasteiger partial charge in [0.25, 0.3) is 5.56 Å². The maximum atomic E-state index is 13.1. The third-order valence-electron chi connectivity index (χ3n) is 4.89. The molecule has 1 atom stereocenters. The topological polar surface area (TPSA) is 39.8 Å². The van der Waals surface area contributed by atoms with E-state index >= 15 is 0 Å².